The summed E-state index contributed by atoms with van der Waals surface area (Å²) < 4.78 is 34.9. The van der Waals surface area contributed by atoms with E-state index in [-0.39, 0.29) is 11.3 Å². The lowest BCUT2D eigenvalue weighted by molar-refractivity contribution is 0.431. The summed E-state index contributed by atoms with van der Waals surface area (Å²) in [5, 5.41) is 3.65. The van der Waals surface area contributed by atoms with E-state index in [0.717, 1.165) is 11.6 Å². The highest BCUT2D eigenvalue weighted by molar-refractivity contribution is 5.77. The molecule has 23 heavy (non-hydrogen) atoms. The average Bonchev–Trinajstić information content (AvgIpc) is 3.19. The molecule has 5 nitrogen and oxygen atoms in total. The van der Waals surface area contributed by atoms with Crippen LogP contribution in [0.3, 0.4) is 0 Å². The number of aromatic nitrogens is 3. The third-order valence-electron chi connectivity index (χ3n) is 3.61. The Bertz CT molecular complexity index is 1010. The Labute approximate surface area is 129 Å². The van der Waals surface area contributed by atoms with Gasteiger partial charge in [0.25, 0.3) is 0 Å². The predicted octanol–water partition coefficient (Wildman–Crippen LogP) is 3.52. The lowest BCUT2D eigenvalue weighted by Crippen LogP contribution is -1.97. The van der Waals surface area contributed by atoms with Crippen molar-refractivity contribution in [3.05, 3.63) is 60.7 Å². The summed E-state index contributed by atoms with van der Waals surface area (Å²) in [7, 11) is 0. The Morgan fingerprint density at radius 1 is 1.09 bits per heavy atom. The van der Waals surface area contributed by atoms with Gasteiger partial charge in [-0.1, -0.05) is 11.2 Å². The second-order valence-electron chi connectivity index (χ2n) is 5.01. The average molecular weight is 312 g/mol. The maximum atomic E-state index is 14.2. The first kappa shape index (κ1) is 13.4. The summed E-state index contributed by atoms with van der Waals surface area (Å²) in [5.41, 5.74) is 6.95. The van der Waals surface area contributed by atoms with Crippen LogP contribution in [0.25, 0.3) is 28.1 Å². The number of halogens is 2. The molecule has 0 radical (unpaired) electrons. The van der Waals surface area contributed by atoms with E-state index in [1.807, 2.05) is 0 Å². The number of rotatable bonds is 2. The highest BCUT2D eigenvalue weighted by Crippen LogP contribution is 2.31. The normalized spacial score (nSPS) is 11.2. The van der Waals surface area contributed by atoms with Crippen molar-refractivity contribution in [2.75, 3.05) is 5.73 Å². The van der Waals surface area contributed by atoms with Crippen molar-refractivity contribution in [2.24, 2.45) is 0 Å². The third kappa shape index (κ3) is 2.05. The minimum absolute atomic E-state index is 0.102. The van der Waals surface area contributed by atoms with E-state index in [1.165, 1.54) is 12.3 Å². The number of nitrogens with zero attached hydrogens (tertiary/aromatic N) is 3. The van der Waals surface area contributed by atoms with E-state index >= 15 is 0 Å². The van der Waals surface area contributed by atoms with Gasteiger partial charge in [-0.25, -0.2) is 13.8 Å². The fourth-order valence-corrected chi connectivity index (χ4v) is 2.51. The lowest BCUT2D eigenvalue weighted by Gasteiger charge is -2.08. The van der Waals surface area contributed by atoms with Gasteiger partial charge in [-0.05, 0) is 18.2 Å². The van der Waals surface area contributed by atoms with Crippen molar-refractivity contribution >= 4 is 11.2 Å². The van der Waals surface area contributed by atoms with Gasteiger partial charge in [0.1, 0.15) is 17.8 Å². The van der Waals surface area contributed by atoms with Crippen molar-refractivity contribution in [3.8, 4) is 22.6 Å². The quantitative estimate of drug-likeness (QED) is 0.575. The highest BCUT2D eigenvalue weighted by atomic mass is 19.1. The second kappa shape index (κ2) is 4.91. The molecule has 4 rings (SSSR count). The smallest absolute Gasteiger partial charge is 0.187 e. The van der Waals surface area contributed by atoms with E-state index in [9.17, 15) is 8.78 Å². The molecule has 0 aliphatic heterocycles. The fraction of sp³-hybridized carbons (Fsp3) is 0. The summed E-state index contributed by atoms with van der Waals surface area (Å²) >= 11 is 0. The predicted molar refractivity (Wildman–Crippen MR) is 80.5 cm³/mol. The number of anilines is 1. The SMILES string of the molecule is Nc1ccc(F)c(-c2ccc3c(-c4ccno4)ncn3c2)c1F. The monoisotopic (exact) mass is 312 g/mol. The van der Waals surface area contributed by atoms with Gasteiger partial charge in [-0.2, -0.15) is 0 Å². The summed E-state index contributed by atoms with van der Waals surface area (Å²) in [5.74, 6) is -0.937. The van der Waals surface area contributed by atoms with E-state index in [0.29, 0.717) is 17.0 Å². The molecule has 0 saturated carbocycles. The molecule has 0 unspecified atom stereocenters. The molecule has 2 N–H and O–H groups in total. The zero-order chi connectivity index (χ0) is 16.0. The van der Waals surface area contributed by atoms with Gasteiger partial charge in [0, 0.05) is 17.8 Å². The lowest BCUT2D eigenvalue weighted by atomic mass is 10.0. The van der Waals surface area contributed by atoms with Crippen LogP contribution < -0.4 is 5.73 Å². The fourth-order valence-electron chi connectivity index (χ4n) is 2.51. The molecule has 0 amide bonds. The Kier molecular flexibility index (Phi) is 2.87. The van der Waals surface area contributed by atoms with Gasteiger partial charge >= 0.3 is 0 Å². The molecule has 114 valence electrons. The Hall–Kier alpha value is -3.22. The Balaban J connectivity index is 1.90. The number of hydrogen-bond donors (Lipinski definition) is 1. The first-order valence-electron chi connectivity index (χ1n) is 6.77. The maximum Gasteiger partial charge on any atom is 0.187 e. The minimum atomic E-state index is -0.778. The molecular formula is C16H10F2N4O. The van der Waals surface area contributed by atoms with Crippen LogP contribution in [0.4, 0.5) is 14.5 Å². The molecule has 0 atom stereocenters. The molecule has 0 fully saturated rings. The summed E-state index contributed by atoms with van der Waals surface area (Å²) in [4.78, 5) is 4.25. The van der Waals surface area contributed by atoms with E-state index in [4.69, 9.17) is 10.3 Å². The maximum absolute atomic E-state index is 14.2. The number of hydrogen-bond acceptors (Lipinski definition) is 4. The molecule has 7 heteroatoms. The van der Waals surface area contributed by atoms with Crippen molar-refractivity contribution in [1.82, 2.24) is 14.5 Å². The minimum Gasteiger partial charge on any atom is -0.396 e. The van der Waals surface area contributed by atoms with Crippen LogP contribution in [0, 0.1) is 11.6 Å². The first-order chi connectivity index (χ1) is 11.1. The zero-order valence-corrected chi connectivity index (χ0v) is 11.7. The van der Waals surface area contributed by atoms with Crippen molar-refractivity contribution in [2.45, 2.75) is 0 Å². The van der Waals surface area contributed by atoms with Gasteiger partial charge in [0.2, 0.25) is 0 Å². The first-order valence-corrected chi connectivity index (χ1v) is 6.77. The topological polar surface area (TPSA) is 69.3 Å². The van der Waals surface area contributed by atoms with Crippen LogP contribution in [-0.2, 0) is 0 Å². The molecule has 3 aromatic heterocycles. The van der Waals surface area contributed by atoms with Gasteiger partial charge in [-0.15, -0.1) is 0 Å². The van der Waals surface area contributed by atoms with Crippen molar-refractivity contribution in [1.29, 1.82) is 0 Å². The molecule has 4 aromatic rings. The van der Waals surface area contributed by atoms with Crippen molar-refractivity contribution in [3.63, 3.8) is 0 Å². The third-order valence-corrected chi connectivity index (χ3v) is 3.61. The molecule has 0 bridgehead atoms. The van der Waals surface area contributed by atoms with Crippen LogP contribution in [0.15, 0.2) is 53.6 Å². The largest absolute Gasteiger partial charge is 0.396 e. The van der Waals surface area contributed by atoms with E-state index in [1.54, 1.807) is 35.1 Å². The van der Waals surface area contributed by atoms with Crippen molar-refractivity contribution < 1.29 is 13.3 Å². The zero-order valence-electron chi connectivity index (χ0n) is 11.7. The van der Waals surface area contributed by atoms with Gasteiger partial charge in [-0.3, -0.25) is 0 Å². The molecule has 0 aliphatic rings. The summed E-state index contributed by atoms with van der Waals surface area (Å²) in [6.07, 6.45) is 4.65. The molecule has 0 aliphatic carbocycles. The number of benzene rings is 1. The molecule has 0 spiro atoms. The number of imidazole rings is 1. The number of pyridine rings is 1. The Morgan fingerprint density at radius 3 is 2.74 bits per heavy atom. The second-order valence-corrected chi connectivity index (χ2v) is 5.01. The molecule has 0 saturated heterocycles. The van der Waals surface area contributed by atoms with E-state index in [2.05, 4.69) is 10.1 Å². The number of fused-ring (bicyclic) bond motifs is 1. The molecular weight excluding hydrogens is 302 g/mol. The van der Waals surface area contributed by atoms with Gasteiger partial charge in [0.15, 0.2) is 11.6 Å². The van der Waals surface area contributed by atoms with Gasteiger partial charge in [0.05, 0.1) is 23.0 Å². The van der Waals surface area contributed by atoms with Crippen LogP contribution in [0.1, 0.15) is 0 Å². The number of nitrogen functional groups attached to an aromatic ring is 1. The Morgan fingerprint density at radius 2 is 1.96 bits per heavy atom. The summed E-state index contributed by atoms with van der Waals surface area (Å²) in [6, 6.07) is 7.35. The summed E-state index contributed by atoms with van der Waals surface area (Å²) in [6.45, 7) is 0. The molecule has 1 aromatic carbocycles. The van der Waals surface area contributed by atoms with Crippen LogP contribution in [-0.4, -0.2) is 14.5 Å². The van der Waals surface area contributed by atoms with Crippen LogP contribution in [0.5, 0.6) is 0 Å². The standard InChI is InChI=1S/C16H10F2N4O/c17-10-2-3-11(19)15(18)14(10)9-1-4-12-16(13-5-6-21-23-13)20-8-22(12)7-9/h1-8H,19H2. The van der Waals surface area contributed by atoms with Crippen LogP contribution >= 0.6 is 0 Å². The number of nitrogens with two attached hydrogens (primary N) is 1. The van der Waals surface area contributed by atoms with E-state index < -0.39 is 11.6 Å². The van der Waals surface area contributed by atoms with Gasteiger partial charge < -0.3 is 14.7 Å². The highest BCUT2D eigenvalue weighted by Gasteiger charge is 2.16. The molecule has 3 heterocycles. The van der Waals surface area contributed by atoms with Crippen LogP contribution in [0.2, 0.25) is 0 Å².